The highest BCUT2D eigenvalue weighted by Crippen LogP contribution is 2.42. The molecule has 0 radical (unpaired) electrons. The van der Waals surface area contributed by atoms with Crippen molar-refractivity contribution in [3.8, 4) is 6.07 Å². The molecule has 3 fully saturated rings. The topological polar surface area (TPSA) is 39.1 Å². The van der Waals surface area contributed by atoms with E-state index in [9.17, 15) is 5.26 Å². The summed E-state index contributed by atoms with van der Waals surface area (Å²) < 4.78 is 0. The first-order chi connectivity index (χ1) is 9.13. The molecule has 3 nitrogen and oxygen atoms in total. The van der Waals surface area contributed by atoms with E-state index in [2.05, 4.69) is 30.1 Å². The van der Waals surface area contributed by atoms with Crippen LogP contribution in [0.5, 0.6) is 0 Å². The highest BCUT2D eigenvalue weighted by Gasteiger charge is 2.49. The number of nitriles is 1. The quantitative estimate of drug-likeness (QED) is 0.826. The fourth-order valence-electron chi connectivity index (χ4n) is 3.47. The highest BCUT2D eigenvalue weighted by molar-refractivity contribution is 5.18. The van der Waals surface area contributed by atoms with Gasteiger partial charge in [-0.3, -0.25) is 5.32 Å². The Hall–Kier alpha value is -0.590. The molecule has 1 aliphatic heterocycles. The van der Waals surface area contributed by atoms with Crippen LogP contribution in [0.3, 0.4) is 0 Å². The predicted octanol–water partition coefficient (Wildman–Crippen LogP) is 2.39. The minimum absolute atomic E-state index is 0.249. The Balaban J connectivity index is 1.65. The van der Waals surface area contributed by atoms with Crippen molar-refractivity contribution in [1.29, 1.82) is 5.26 Å². The lowest BCUT2D eigenvalue weighted by Crippen LogP contribution is -2.57. The Morgan fingerprint density at radius 3 is 2.42 bits per heavy atom. The van der Waals surface area contributed by atoms with Crippen LogP contribution in [0.4, 0.5) is 0 Å². The zero-order valence-corrected chi connectivity index (χ0v) is 12.4. The highest BCUT2D eigenvalue weighted by atomic mass is 15.2. The number of piperidine rings is 1. The first-order valence-corrected chi connectivity index (χ1v) is 8.04. The van der Waals surface area contributed by atoms with Crippen molar-refractivity contribution in [2.24, 2.45) is 17.8 Å². The normalized spacial score (nSPS) is 35.6. The van der Waals surface area contributed by atoms with Crippen molar-refractivity contribution >= 4 is 0 Å². The predicted molar refractivity (Wildman–Crippen MR) is 76.6 cm³/mol. The monoisotopic (exact) mass is 261 g/mol. The van der Waals surface area contributed by atoms with Crippen molar-refractivity contribution in [2.45, 2.75) is 57.5 Å². The molecule has 0 aromatic carbocycles. The summed E-state index contributed by atoms with van der Waals surface area (Å²) in [6.07, 6.45) is 6.31. The van der Waals surface area contributed by atoms with Gasteiger partial charge >= 0.3 is 0 Å². The van der Waals surface area contributed by atoms with Gasteiger partial charge in [0.05, 0.1) is 6.07 Å². The second-order valence-corrected chi connectivity index (χ2v) is 7.25. The van der Waals surface area contributed by atoms with E-state index < -0.39 is 0 Å². The van der Waals surface area contributed by atoms with Crippen LogP contribution in [0.25, 0.3) is 0 Å². The molecule has 3 atom stereocenters. The molecule has 3 rings (SSSR count). The summed E-state index contributed by atoms with van der Waals surface area (Å²) in [5.74, 6) is 2.21. The fourth-order valence-corrected chi connectivity index (χ4v) is 3.47. The van der Waals surface area contributed by atoms with E-state index in [0.29, 0.717) is 12.0 Å². The van der Waals surface area contributed by atoms with Crippen LogP contribution in [0.2, 0.25) is 0 Å². The Morgan fingerprint density at radius 2 is 1.89 bits per heavy atom. The van der Waals surface area contributed by atoms with Crippen molar-refractivity contribution in [1.82, 2.24) is 10.2 Å². The first kappa shape index (κ1) is 13.4. The average Bonchev–Trinajstić information content (AvgIpc) is 3.25. The van der Waals surface area contributed by atoms with Gasteiger partial charge in [0.25, 0.3) is 0 Å². The molecule has 2 aliphatic carbocycles. The molecule has 0 spiro atoms. The Bertz CT molecular complexity index is 367. The molecule has 0 bridgehead atoms. The minimum Gasteiger partial charge on any atom is -0.300 e. The second-order valence-electron chi connectivity index (χ2n) is 7.25. The van der Waals surface area contributed by atoms with Gasteiger partial charge in [-0.25, -0.2) is 0 Å². The summed E-state index contributed by atoms with van der Waals surface area (Å²) in [5, 5.41) is 13.5. The Labute approximate surface area is 117 Å². The molecule has 3 unspecified atom stereocenters. The van der Waals surface area contributed by atoms with E-state index in [1.807, 2.05) is 0 Å². The third-order valence-corrected chi connectivity index (χ3v) is 5.40. The first-order valence-electron chi connectivity index (χ1n) is 8.04. The van der Waals surface area contributed by atoms with Gasteiger partial charge < -0.3 is 4.90 Å². The minimum atomic E-state index is -0.249. The molecule has 19 heavy (non-hydrogen) atoms. The molecule has 0 aromatic heterocycles. The zero-order valence-electron chi connectivity index (χ0n) is 12.4. The van der Waals surface area contributed by atoms with Gasteiger partial charge in [-0.2, -0.15) is 5.26 Å². The summed E-state index contributed by atoms with van der Waals surface area (Å²) in [7, 11) is 0. The van der Waals surface area contributed by atoms with Crippen molar-refractivity contribution in [3.63, 3.8) is 0 Å². The average molecular weight is 261 g/mol. The lowest BCUT2D eigenvalue weighted by atomic mass is 9.86. The molecule has 1 saturated heterocycles. The van der Waals surface area contributed by atoms with Gasteiger partial charge in [-0.15, -0.1) is 0 Å². The molecule has 106 valence electrons. The lowest BCUT2D eigenvalue weighted by molar-refractivity contribution is 0.107. The van der Waals surface area contributed by atoms with E-state index >= 15 is 0 Å². The van der Waals surface area contributed by atoms with Crippen LogP contribution in [-0.2, 0) is 0 Å². The molecule has 0 amide bonds. The van der Waals surface area contributed by atoms with Crippen LogP contribution in [0, 0.1) is 29.1 Å². The largest absolute Gasteiger partial charge is 0.300 e. The molecule has 1 heterocycles. The molecule has 3 heteroatoms. The van der Waals surface area contributed by atoms with Gasteiger partial charge in [0.1, 0.15) is 5.54 Å². The zero-order chi connectivity index (χ0) is 13.5. The molecule has 1 N–H and O–H groups in total. The molecule has 0 aromatic rings. The third kappa shape index (κ3) is 2.95. The molecule has 2 saturated carbocycles. The summed E-state index contributed by atoms with van der Waals surface area (Å²) in [6.45, 7) is 8.01. The lowest BCUT2D eigenvalue weighted by Gasteiger charge is -2.40. The summed E-state index contributed by atoms with van der Waals surface area (Å²) in [6, 6.07) is 3.30. The van der Waals surface area contributed by atoms with Gasteiger partial charge in [0.2, 0.25) is 0 Å². The van der Waals surface area contributed by atoms with Gasteiger partial charge in [0, 0.05) is 19.1 Å². The SMILES string of the molecule is CC1CCN(CC(C#N)(NC2CC2)C2CC2)CC1C. The Kier molecular flexibility index (Phi) is 3.57. The number of hydrogen-bond donors (Lipinski definition) is 1. The third-order valence-electron chi connectivity index (χ3n) is 5.40. The maximum absolute atomic E-state index is 9.77. The van der Waals surface area contributed by atoms with Crippen LogP contribution >= 0.6 is 0 Å². The second kappa shape index (κ2) is 5.07. The van der Waals surface area contributed by atoms with Crippen LogP contribution in [-0.4, -0.2) is 36.1 Å². The van der Waals surface area contributed by atoms with Gasteiger partial charge in [-0.1, -0.05) is 13.8 Å². The number of likely N-dealkylation sites (tertiary alicyclic amines) is 1. The van der Waals surface area contributed by atoms with Gasteiger partial charge in [-0.05, 0) is 56.4 Å². The van der Waals surface area contributed by atoms with Gasteiger partial charge in [0.15, 0.2) is 0 Å². The maximum atomic E-state index is 9.77. The van der Waals surface area contributed by atoms with Crippen LogP contribution in [0.1, 0.15) is 46.0 Å². The van der Waals surface area contributed by atoms with Crippen molar-refractivity contribution in [2.75, 3.05) is 19.6 Å². The summed E-state index contributed by atoms with van der Waals surface area (Å²) in [4.78, 5) is 2.54. The van der Waals surface area contributed by atoms with Crippen LogP contribution < -0.4 is 5.32 Å². The summed E-state index contributed by atoms with van der Waals surface area (Å²) >= 11 is 0. The number of rotatable bonds is 5. The number of hydrogen-bond acceptors (Lipinski definition) is 3. The van der Waals surface area contributed by atoms with E-state index in [0.717, 1.165) is 18.4 Å². The number of nitrogens with one attached hydrogen (secondary N) is 1. The smallest absolute Gasteiger partial charge is 0.122 e. The van der Waals surface area contributed by atoms with E-state index in [4.69, 9.17) is 0 Å². The molecular weight excluding hydrogens is 234 g/mol. The van der Waals surface area contributed by atoms with E-state index in [1.165, 1.54) is 45.2 Å². The number of nitrogens with zero attached hydrogens (tertiary/aromatic N) is 2. The van der Waals surface area contributed by atoms with Crippen molar-refractivity contribution < 1.29 is 0 Å². The van der Waals surface area contributed by atoms with E-state index in [-0.39, 0.29) is 5.54 Å². The van der Waals surface area contributed by atoms with Crippen molar-refractivity contribution in [3.05, 3.63) is 0 Å². The van der Waals surface area contributed by atoms with E-state index in [1.54, 1.807) is 0 Å². The fraction of sp³-hybridized carbons (Fsp3) is 0.938. The Morgan fingerprint density at radius 1 is 1.16 bits per heavy atom. The van der Waals surface area contributed by atoms with Crippen LogP contribution in [0.15, 0.2) is 0 Å². The molecular formula is C16H27N3. The standard InChI is InChI=1S/C16H27N3/c1-12-7-8-19(9-13(12)2)11-16(10-17,14-3-4-14)18-15-5-6-15/h12-15,18H,3-9,11H2,1-2H3. The summed E-state index contributed by atoms with van der Waals surface area (Å²) in [5.41, 5.74) is -0.249. The maximum Gasteiger partial charge on any atom is 0.122 e. The molecule has 3 aliphatic rings.